The van der Waals surface area contributed by atoms with Gasteiger partial charge in [0.15, 0.2) is 0 Å². The number of quaternary nitrogens is 1. The molecular weight excluding hydrogens is 493 g/mol. The van der Waals surface area contributed by atoms with Crippen molar-refractivity contribution in [3.63, 3.8) is 0 Å². The molecule has 8 nitrogen and oxygen atoms in total. The molecule has 2 atom stereocenters. The van der Waals surface area contributed by atoms with Crippen LogP contribution in [0.4, 0.5) is 0 Å². The number of ether oxygens (including phenoxy) is 1. The van der Waals surface area contributed by atoms with Gasteiger partial charge in [0, 0.05) is 6.42 Å². The lowest BCUT2D eigenvalue weighted by molar-refractivity contribution is -0.870. The van der Waals surface area contributed by atoms with Crippen LogP contribution in [0.1, 0.15) is 58.3 Å². The van der Waals surface area contributed by atoms with Gasteiger partial charge in [-0.2, -0.15) is 0 Å². The van der Waals surface area contributed by atoms with Gasteiger partial charge in [-0.05, 0) is 44.9 Å². The Kier molecular flexibility index (Phi) is 21.1. The van der Waals surface area contributed by atoms with Crippen LogP contribution in [0.15, 0.2) is 60.8 Å². The standard InChI is InChI=1S/C28H48NO7P/c1-5-6-7-8-9-10-11-12-13-14-15-16-17-18-19-20-21-22-28(31)34-25-27(30)26-36-37(32,33)35-24-23-29(2,3)4/h6-7,9-10,12-13,15-16,18-19,27,30H,5,8,11,14,17,20-26H2,1-4H3/b7-6-,10-9-,13-12-,16-15-,19-18-. The fraction of sp³-hybridized carbons (Fsp3) is 0.607. The van der Waals surface area contributed by atoms with E-state index in [1.807, 2.05) is 27.2 Å². The largest absolute Gasteiger partial charge is 0.756 e. The topological polar surface area (TPSA) is 105 Å². The van der Waals surface area contributed by atoms with E-state index in [-0.39, 0.29) is 19.6 Å². The lowest BCUT2D eigenvalue weighted by atomic mass is 10.2. The highest BCUT2D eigenvalue weighted by molar-refractivity contribution is 7.45. The third-order valence-corrected chi connectivity index (χ3v) is 5.75. The summed E-state index contributed by atoms with van der Waals surface area (Å²) in [4.78, 5) is 23.5. The summed E-state index contributed by atoms with van der Waals surface area (Å²) in [7, 11) is 1.20. The number of aliphatic hydroxyl groups is 1. The summed E-state index contributed by atoms with van der Waals surface area (Å²) in [5.41, 5.74) is 0. The second-order valence-electron chi connectivity index (χ2n) is 9.53. The van der Waals surface area contributed by atoms with Crippen molar-refractivity contribution < 1.29 is 37.6 Å². The third-order valence-electron chi connectivity index (χ3n) is 4.78. The van der Waals surface area contributed by atoms with Crippen LogP contribution in [0.5, 0.6) is 0 Å². The normalized spacial score (nSPS) is 15.5. The van der Waals surface area contributed by atoms with Gasteiger partial charge >= 0.3 is 5.97 Å². The molecule has 0 fully saturated rings. The van der Waals surface area contributed by atoms with Gasteiger partial charge in [0.25, 0.3) is 7.82 Å². The number of hydrogen-bond donors (Lipinski definition) is 1. The number of unbranched alkanes of at least 4 members (excludes halogenated alkanes) is 1. The number of esters is 1. The Balaban J connectivity index is 3.78. The van der Waals surface area contributed by atoms with E-state index in [9.17, 15) is 19.4 Å². The molecule has 9 heteroatoms. The summed E-state index contributed by atoms with van der Waals surface area (Å²) in [6.07, 6.45) is 26.5. The molecule has 0 amide bonds. The zero-order valence-electron chi connectivity index (χ0n) is 23.1. The number of likely N-dealkylation sites (N-methyl/N-ethyl adjacent to an activating group) is 1. The van der Waals surface area contributed by atoms with Gasteiger partial charge in [0.2, 0.25) is 0 Å². The summed E-state index contributed by atoms with van der Waals surface area (Å²) < 4.78 is 26.6. The van der Waals surface area contributed by atoms with E-state index in [0.29, 0.717) is 17.4 Å². The predicted molar refractivity (Wildman–Crippen MR) is 148 cm³/mol. The summed E-state index contributed by atoms with van der Waals surface area (Å²) in [5, 5.41) is 9.79. The van der Waals surface area contributed by atoms with Gasteiger partial charge in [-0.15, -0.1) is 0 Å². The van der Waals surface area contributed by atoms with Gasteiger partial charge in [0.05, 0.1) is 27.7 Å². The molecule has 0 aliphatic rings. The molecule has 0 aliphatic carbocycles. The summed E-state index contributed by atoms with van der Waals surface area (Å²) in [5.74, 6) is -0.448. The molecule has 0 aromatic rings. The average molecular weight is 542 g/mol. The van der Waals surface area contributed by atoms with Crippen molar-refractivity contribution in [1.29, 1.82) is 0 Å². The van der Waals surface area contributed by atoms with E-state index in [2.05, 4.69) is 66.1 Å². The second-order valence-corrected chi connectivity index (χ2v) is 10.9. The smallest absolute Gasteiger partial charge is 0.305 e. The van der Waals surface area contributed by atoms with Crippen molar-refractivity contribution in [2.45, 2.75) is 64.4 Å². The molecule has 0 aliphatic heterocycles. The maximum atomic E-state index is 11.8. The molecule has 0 radical (unpaired) electrons. The van der Waals surface area contributed by atoms with E-state index < -0.39 is 26.5 Å². The fourth-order valence-corrected chi connectivity index (χ4v) is 3.42. The number of rotatable bonds is 22. The molecule has 212 valence electrons. The van der Waals surface area contributed by atoms with Crippen LogP contribution in [0.2, 0.25) is 0 Å². The van der Waals surface area contributed by atoms with Crippen LogP contribution >= 0.6 is 7.82 Å². The zero-order valence-corrected chi connectivity index (χ0v) is 24.0. The number of allylic oxidation sites excluding steroid dienone is 10. The van der Waals surface area contributed by atoms with Crippen molar-refractivity contribution in [2.24, 2.45) is 0 Å². The van der Waals surface area contributed by atoms with Crippen molar-refractivity contribution >= 4 is 13.8 Å². The van der Waals surface area contributed by atoms with E-state index in [4.69, 9.17) is 9.26 Å². The molecule has 1 N–H and O–H groups in total. The Morgan fingerprint density at radius 1 is 0.865 bits per heavy atom. The lowest BCUT2D eigenvalue weighted by Gasteiger charge is -2.27. The number of phosphoric acid groups is 1. The minimum absolute atomic E-state index is 0.0206. The lowest BCUT2D eigenvalue weighted by Crippen LogP contribution is -2.37. The van der Waals surface area contributed by atoms with Gasteiger partial charge in [-0.25, -0.2) is 0 Å². The van der Waals surface area contributed by atoms with Crippen LogP contribution in [0, 0.1) is 0 Å². The van der Waals surface area contributed by atoms with Crippen molar-refractivity contribution in [3.8, 4) is 0 Å². The number of hydrogen-bond acceptors (Lipinski definition) is 7. The minimum atomic E-state index is -4.51. The summed E-state index contributed by atoms with van der Waals surface area (Å²) in [6, 6.07) is 0. The Morgan fingerprint density at radius 2 is 1.38 bits per heavy atom. The average Bonchev–Trinajstić information content (AvgIpc) is 2.82. The van der Waals surface area contributed by atoms with Gasteiger partial charge < -0.3 is 28.3 Å². The predicted octanol–water partition coefficient (Wildman–Crippen LogP) is 5.02. The highest BCUT2D eigenvalue weighted by Gasteiger charge is 2.16. The SMILES string of the molecule is CC/C=C\C/C=C\C/C=C\C/C=C\C/C=C\CCCC(=O)OCC(O)COP(=O)([O-])OCC[N+](C)(C)C. The molecule has 0 aromatic carbocycles. The van der Waals surface area contributed by atoms with Crippen molar-refractivity contribution in [1.82, 2.24) is 0 Å². The first kappa shape index (κ1) is 35.2. The summed E-state index contributed by atoms with van der Waals surface area (Å²) >= 11 is 0. The van der Waals surface area contributed by atoms with Crippen LogP contribution in [-0.4, -0.2) is 69.2 Å². The van der Waals surface area contributed by atoms with Gasteiger partial charge in [0.1, 0.15) is 25.9 Å². The highest BCUT2D eigenvalue weighted by atomic mass is 31.2. The Hall–Kier alpha value is -1.80. The minimum Gasteiger partial charge on any atom is -0.756 e. The molecular formula is C28H48NO7P. The molecule has 37 heavy (non-hydrogen) atoms. The number of carbonyl (C=O) groups excluding carboxylic acids is 1. The Morgan fingerprint density at radius 3 is 1.89 bits per heavy atom. The molecule has 0 spiro atoms. The number of carbonyl (C=O) groups is 1. The Bertz CT molecular complexity index is 782. The zero-order chi connectivity index (χ0) is 27.8. The molecule has 0 bridgehead atoms. The van der Waals surface area contributed by atoms with Crippen LogP contribution in [0.25, 0.3) is 0 Å². The highest BCUT2D eigenvalue weighted by Crippen LogP contribution is 2.38. The first-order valence-corrected chi connectivity index (χ1v) is 14.5. The van der Waals surface area contributed by atoms with Crippen molar-refractivity contribution in [3.05, 3.63) is 60.8 Å². The molecule has 0 saturated carbocycles. The number of aliphatic hydroxyl groups excluding tert-OH is 1. The van der Waals surface area contributed by atoms with Crippen molar-refractivity contribution in [2.75, 3.05) is 47.5 Å². The Labute approximate surface area is 224 Å². The van der Waals surface area contributed by atoms with E-state index in [1.54, 1.807) is 0 Å². The van der Waals surface area contributed by atoms with Gasteiger partial charge in [-0.1, -0.05) is 67.7 Å². The molecule has 0 aromatic heterocycles. The van der Waals surface area contributed by atoms with E-state index in [0.717, 1.165) is 38.5 Å². The number of nitrogens with zero attached hydrogens (tertiary/aromatic N) is 1. The second kappa shape index (κ2) is 22.2. The summed E-state index contributed by atoms with van der Waals surface area (Å²) in [6.45, 7) is 1.73. The maximum absolute atomic E-state index is 11.8. The molecule has 0 heterocycles. The molecule has 2 unspecified atom stereocenters. The third kappa shape index (κ3) is 27.1. The fourth-order valence-electron chi connectivity index (χ4n) is 2.68. The maximum Gasteiger partial charge on any atom is 0.305 e. The quantitative estimate of drug-likeness (QED) is 0.0675. The van der Waals surface area contributed by atoms with Crippen LogP contribution < -0.4 is 4.89 Å². The van der Waals surface area contributed by atoms with Gasteiger partial charge in [-0.3, -0.25) is 9.36 Å². The molecule has 0 rings (SSSR count). The first-order valence-electron chi connectivity index (χ1n) is 13.0. The monoisotopic (exact) mass is 541 g/mol. The first-order chi connectivity index (χ1) is 17.6. The van der Waals surface area contributed by atoms with E-state index in [1.165, 1.54) is 0 Å². The molecule has 0 saturated heterocycles. The van der Waals surface area contributed by atoms with E-state index >= 15 is 0 Å². The van der Waals surface area contributed by atoms with Crippen LogP contribution in [0.3, 0.4) is 0 Å². The van der Waals surface area contributed by atoms with Crippen LogP contribution in [-0.2, 0) is 23.1 Å². The number of phosphoric ester groups is 1.